The molecule has 0 aliphatic carbocycles. The predicted molar refractivity (Wildman–Crippen MR) is 99.9 cm³/mol. The molecule has 1 atom stereocenters. The number of piperidine rings is 2. The zero-order valence-electron chi connectivity index (χ0n) is 15.0. The Kier molecular flexibility index (Phi) is 6.10. The Morgan fingerprint density at radius 1 is 1.15 bits per heavy atom. The van der Waals surface area contributed by atoms with Crippen molar-refractivity contribution in [2.45, 2.75) is 37.0 Å². The number of nitrogens with zero attached hydrogens (tertiary/aromatic N) is 2. The molecule has 0 unspecified atom stereocenters. The van der Waals surface area contributed by atoms with Crippen LogP contribution in [0.2, 0.25) is 5.02 Å². The molecule has 2 aliphatic heterocycles. The van der Waals surface area contributed by atoms with Gasteiger partial charge in [-0.2, -0.15) is 4.31 Å². The van der Waals surface area contributed by atoms with Gasteiger partial charge in [-0.05, 0) is 50.3 Å². The van der Waals surface area contributed by atoms with E-state index >= 15 is 0 Å². The lowest BCUT2D eigenvalue weighted by atomic mass is 9.97. The molecule has 0 radical (unpaired) electrons. The van der Waals surface area contributed by atoms with Crippen LogP contribution in [0, 0.1) is 5.92 Å². The first-order chi connectivity index (χ1) is 12.4. The monoisotopic (exact) mass is 400 g/mol. The molecule has 0 N–H and O–H groups in total. The summed E-state index contributed by atoms with van der Waals surface area (Å²) in [7, 11) is -2.34. The molecule has 2 heterocycles. The summed E-state index contributed by atoms with van der Waals surface area (Å²) in [4.78, 5) is 14.7. The second-order valence-electron chi connectivity index (χ2n) is 6.88. The third-order valence-electron chi connectivity index (χ3n) is 5.14. The van der Waals surface area contributed by atoms with Gasteiger partial charge in [0.15, 0.2) is 0 Å². The molecule has 2 aliphatic rings. The summed E-state index contributed by atoms with van der Waals surface area (Å²) in [6, 6.07) is 4.56. The number of carbonyl (C=O) groups is 1. The number of likely N-dealkylation sites (tertiary alicyclic amines) is 1. The van der Waals surface area contributed by atoms with Gasteiger partial charge in [-0.1, -0.05) is 11.6 Å². The van der Waals surface area contributed by atoms with Crippen LogP contribution in [0.4, 0.5) is 0 Å². The first kappa shape index (κ1) is 19.5. The topological polar surface area (TPSA) is 66.9 Å². The summed E-state index contributed by atoms with van der Waals surface area (Å²) < 4.78 is 32.9. The van der Waals surface area contributed by atoms with E-state index in [0.29, 0.717) is 18.0 Å². The number of ether oxygens (including phenoxy) is 1. The second kappa shape index (κ2) is 8.15. The standard InChI is InChI=1S/C18H25ClN2O4S/c1-25-16-8-7-15(19)12-17(16)26(23,24)21-11-5-6-14(13-21)18(22)20-9-3-2-4-10-20/h7-8,12,14H,2-6,9-11,13H2,1H3/t14-/m1/s1. The van der Waals surface area contributed by atoms with Gasteiger partial charge in [0.05, 0.1) is 13.0 Å². The summed E-state index contributed by atoms with van der Waals surface area (Å²) in [5.74, 6) is 0.0725. The smallest absolute Gasteiger partial charge is 0.246 e. The van der Waals surface area contributed by atoms with Crippen LogP contribution in [-0.2, 0) is 14.8 Å². The van der Waals surface area contributed by atoms with Gasteiger partial charge in [-0.15, -0.1) is 0 Å². The molecule has 144 valence electrons. The lowest BCUT2D eigenvalue weighted by molar-refractivity contribution is -0.137. The summed E-state index contributed by atoms with van der Waals surface area (Å²) >= 11 is 6.00. The van der Waals surface area contributed by atoms with Crippen LogP contribution in [0.3, 0.4) is 0 Å². The van der Waals surface area contributed by atoms with Gasteiger partial charge in [0.2, 0.25) is 15.9 Å². The number of hydrogen-bond acceptors (Lipinski definition) is 4. The largest absolute Gasteiger partial charge is 0.495 e. The highest BCUT2D eigenvalue weighted by molar-refractivity contribution is 7.89. The number of benzene rings is 1. The molecule has 0 aromatic heterocycles. The molecule has 26 heavy (non-hydrogen) atoms. The molecule has 0 spiro atoms. The maximum Gasteiger partial charge on any atom is 0.246 e. The Hall–Kier alpha value is -1.31. The Morgan fingerprint density at radius 3 is 2.58 bits per heavy atom. The van der Waals surface area contributed by atoms with Crippen molar-refractivity contribution in [1.29, 1.82) is 0 Å². The maximum atomic E-state index is 13.1. The molecule has 3 rings (SSSR count). The Morgan fingerprint density at radius 2 is 1.88 bits per heavy atom. The summed E-state index contributed by atoms with van der Waals surface area (Å²) in [5, 5.41) is 0.335. The van der Waals surface area contributed by atoms with Crippen molar-refractivity contribution in [2.75, 3.05) is 33.3 Å². The Bertz CT molecular complexity index is 762. The molecule has 2 fully saturated rings. The Balaban J connectivity index is 1.80. The highest BCUT2D eigenvalue weighted by Crippen LogP contribution is 2.32. The molecule has 1 amide bonds. The van der Waals surface area contributed by atoms with Crippen molar-refractivity contribution in [3.05, 3.63) is 23.2 Å². The zero-order chi connectivity index (χ0) is 18.7. The van der Waals surface area contributed by atoms with Crippen molar-refractivity contribution in [1.82, 2.24) is 9.21 Å². The van der Waals surface area contributed by atoms with Gasteiger partial charge in [-0.25, -0.2) is 8.42 Å². The molecule has 2 saturated heterocycles. The van der Waals surface area contributed by atoms with Gasteiger partial charge < -0.3 is 9.64 Å². The molecule has 1 aromatic carbocycles. The van der Waals surface area contributed by atoms with E-state index in [9.17, 15) is 13.2 Å². The van der Waals surface area contributed by atoms with E-state index < -0.39 is 10.0 Å². The van der Waals surface area contributed by atoms with E-state index in [1.54, 1.807) is 12.1 Å². The predicted octanol–water partition coefficient (Wildman–Crippen LogP) is 2.76. The van der Waals surface area contributed by atoms with E-state index in [1.165, 1.54) is 17.5 Å². The van der Waals surface area contributed by atoms with Gasteiger partial charge in [0.25, 0.3) is 0 Å². The molecular weight excluding hydrogens is 376 g/mol. The highest BCUT2D eigenvalue weighted by atomic mass is 35.5. The number of methoxy groups -OCH3 is 1. The summed E-state index contributed by atoms with van der Waals surface area (Å²) in [5.41, 5.74) is 0. The van der Waals surface area contributed by atoms with Crippen LogP contribution < -0.4 is 4.74 Å². The van der Waals surface area contributed by atoms with Gasteiger partial charge in [0.1, 0.15) is 10.6 Å². The number of halogens is 1. The first-order valence-corrected chi connectivity index (χ1v) is 10.9. The van der Waals surface area contributed by atoms with Crippen LogP contribution in [0.25, 0.3) is 0 Å². The normalized spacial score (nSPS) is 22.2. The number of hydrogen-bond donors (Lipinski definition) is 0. The first-order valence-electron chi connectivity index (χ1n) is 9.06. The zero-order valence-corrected chi connectivity index (χ0v) is 16.6. The van der Waals surface area contributed by atoms with E-state index in [2.05, 4.69) is 0 Å². The van der Waals surface area contributed by atoms with Crippen LogP contribution >= 0.6 is 11.6 Å². The fourth-order valence-corrected chi connectivity index (χ4v) is 5.67. The van der Waals surface area contributed by atoms with E-state index in [1.807, 2.05) is 4.90 Å². The maximum absolute atomic E-state index is 13.1. The lowest BCUT2D eigenvalue weighted by Gasteiger charge is -2.35. The van der Waals surface area contributed by atoms with Gasteiger partial charge in [-0.3, -0.25) is 4.79 Å². The average Bonchev–Trinajstić information content (AvgIpc) is 2.68. The quantitative estimate of drug-likeness (QED) is 0.779. The fraction of sp³-hybridized carbons (Fsp3) is 0.611. The molecule has 8 heteroatoms. The van der Waals surface area contributed by atoms with Crippen LogP contribution in [0.15, 0.2) is 23.1 Å². The van der Waals surface area contributed by atoms with E-state index in [4.69, 9.17) is 16.3 Å². The lowest BCUT2D eigenvalue weighted by Crippen LogP contribution is -2.47. The molecular formula is C18H25ClN2O4S. The molecule has 0 saturated carbocycles. The number of sulfonamides is 1. The van der Waals surface area contributed by atoms with Crippen molar-refractivity contribution in [3.8, 4) is 5.75 Å². The molecule has 6 nitrogen and oxygen atoms in total. The van der Waals surface area contributed by atoms with Crippen molar-refractivity contribution in [3.63, 3.8) is 0 Å². The van der Waals surface area contributed by atoms with Crippen molar-refractivity contribution < 1.29 is 17.9 Å². The molecule has 1 aromatic rings. The van der Waals surface area contributed by atoms with Gasteiger partial charge >= 0.3 is 0 Å². The van der Waals surface area contributed by atoms with Gasteiger partial charge in [0, 0.05) is 31.2 Å². The van der Waals surface area contributed by atoms with E-state index in [-0.39, 0.29) is 29.0 Å². The van der Waals surface area contributed by atoms with Crippen molar-refractivity contribution in [2.24, 2.45) is 5.92 Å². The minimum Gasteiger partial charge on any atom is -0.495 e. The number of amides is 1. The fourth-order valence-electron chi connectivity index (χ4n) is 3.73. The highest BCUT2D eigenvalue weighted by Gasteiger charge is 2.36. The third-order valence-corrected chi connectivity index (χ3v) is 7.27. The SMILES string of the molecule is COc1ccc(Cl)cc1S(=O)(=O)N1CCC[C@@H](C(=O)N2CCCCC2)C1. The van der Waals surface area contributed by atoms with E-state index in [0.717, 1.165) is 38.8 Å². The van der Waals surface area contributed by atoms with Crippen LogP contribution in [-0.4, -0.2) is 56.8 Å². The minimum atomic E-state index is -3.77. The second-order valence-corrected chi connectivity index (χ2v) is 9.23. The summed E-state index contributed by atoms with van der Waals surface area (Å²) in [6.07, 6.45) is 4.62. The number of rotatable bonds is 4. The Labute approximate surface area is 160 Å². The minimum absolute atomic E-state index is 0.0542. The molecule has 0 bridgehead atoms. The van der Waals surface area contributed by atoms with Crippen LogP contribution in [0.5, 0.6) is 5.75 Å². The third kappa shape index (κ3) is 4.00. The van der Waals surface area contributed by atoms with Crippen LogP contribution in [0.1, 0.15) is 32.1 Å². The number of carbonyl (C=O) groups excluding carboxylic acids is 1. The average molecular weight is 401 g/mol. The van der Waals surface area contributed by atoms with Crippen molar-refractivity contribution >= 4 is 27.5 Å². The summed E-state index contributed by atoms with van der Waals surface area (Å²) in [6.45, 7) is 2.18.